The molecule has 4 heteroatoms. The zero-order chi connectivity index (χ0) is 12.1. The highest BCUT2D eigenvalue weighted by Gasteiger charge is 2.42. The minimum Gasteiger partial charge on any atom is -0.468 e. The number of methoxy groups -OCH3 is 2. The molecule has 1 aliphatic rings. The van der Waals surface area contributed by atoms with E-state index in [0.29, 0.717) is 0 Å². The highest BCUT2D eigenvalue weighted by atomic mass is 16.5. The van der Waals surface area contributed by atoms with Crippen LogP contribution in [0.5, 0.6) is 0 Å². The van der Waals surface area contributed by atoms with E-state index in [9.17, 15) is 9.59 Å². The van der Waals surface area contributed by atoms with Crippen LogP contribution < -0.4 is 0 Å². The maximum atomic E-state index is 11.6. The van der Waals surface area contributed by atoms with Crippen LogP contribution in [0.4, 0.5) is 0 Å². The van der Waals surface area contributed by atoms with Crippen LogP contribution in [-0.2, 0) is 19.1 Å². The van der Waals surface area contributed by atoms with Gasteiger partial charge >= 0.3 is 11.9 Å². The summed E-state index contributed by atoms with van der Waals surface area (Å²) in [5, 5.41) is 0. The minimum absolute atomic E-state index is 0.0302. The van der Waals surface area contributed by atoms with Crippen LogP contribution in [0.3, 0.4) is 0 Å². The first-order valence-corrected chi connectivity index (χ1v) is 5.44. The van der Waals surface area contributed by atoms with Crippen LogP contribution in [0.1, 0.15) is 19.3 Å². The molecule has 0 aliphatic heterocycles. The average Bonchev–Trinajstić information content (AvgIpc) is 2.76. The molecule has 0 bridgehead atoms. The van der Waals surface area contributed by atoms with Gasteiger partial charge < -0.3 is 9.47 Å². The first-order valence-electron chi connectivity index (χ1n) is 5.44. The molecule has 2 atom stereocenters. The van der Waals surface area contributed by atoms with Gasteiger partial charge in [0, 0.05) is 0 Å². The minimum atomic E-state index is -0.805. The third-order valence-corrected chi connectivity index (χ3v) is 3.27. The summed E-state index contributed by atoms with van der Waals surface area (Å²) in [6, 6.07) is 0. The molecule has 0 radical (unpaired) electrons. The van der Waals surface area contributed by atoms with Gasteiger partial charge in [-0.05, 0) is 24.7 Å². The third kappa shape index (κ3) is 2.43. The van der Waals surface area contributed by atoms with Crippen LogP contribution in [0.25, 0.3) is 0 Å². The lowest BCUT2D eigenvalue weighted by molar-refractivity contribution is -0.162. The molecule has 1 saturated carbocycles. The Hall–Kier alpha value is -1.32. The predicted octanol–water partition coefficient (Wildman–Crippen LogP) is 1.55. The summed E-state index contributed by atoms with van der Waals surface area (Å²) in [7, 11) is 2.58. The van der Waals surface area contributed by atoms with Gasteiger partial charge in [-0.3, -0.25) is 9.59 Å². The summed E-state index contributed by atoms with van der Waals surface area (Å²) in [5.41, 5.74) is 0. The van der Waals surface area contributed by atoms with Gasteiger partial charge in [0.2, 0.25) is 0 Å². The van der Waals surface area contributed by atoms with Gasteiger partial charge in [-0.2, -0.15) is 0 Å². The van der Waals surface area contributed by atoms with Crippen molar-refractivity contribution >= 4 is 11.9 Å². The van der Waals surface area contributed by atoms with Gasteiger partial charge in [-0.25, -0.2) is 0 Å². The first-order chi connectivity index (χ1) is 7.65. The second-order valence-electron chi connectivity index (χ2n) is 4.02. The summed E-state index contributed by atoms with van der Waals surface area (Å²) in [6.07, 6.45) is 4.63. The molecule has 1 rings (SSSR count). The largest absolute Gasteiger partial charge is 0.468 e. The Morgan fingerprint density at radius 3 is 2.25 bits per heavy atom. The quantitative estimate of drug-likeness (QED) is 0.414. The van der Waals surface area contributed by atoms with E-state index < -0.39 is 17.9 Å². The number of carbonyl (C=O) groups excluding carboxylic acids is 2. The van der Waals surface area contributed by atoms with Crippen molar-refractivity contribution in [3.8, 4) is 0 Å². The topological polar surface area (TPSA) is 52.6 Å². The number of hydrogen-bond donors (Lipinski definition) is 0. The molecule has 0 amide bonds. The third-order valence-electron chi connectivity index (χ3n) is 3.27. The summed E-state index contributed by atoms with van der Waals surface area (Å²) >= 11 is 0. The van der Waals surface area contributed by atoms with Gasteiger partial charge in [0.25, 0.3) is 0 Å². The van der Waals surface area contributed by atoms with E-state index in [-0.39, 0.29) is 11.8 Å². The fourth-order valence-electron chi connectivity index (χ4n) is 2.42. The van der Waals surface area contributed by atoms with Crippen molar-refractivity contribution in [2.75, 3.05) is 14.2 Å². The lowest BCUT2D eigenvalue weighted by atomic mass is 9.84. The van der Waals surface area contributed by atoms with Crippen molar-refractivity contribution in [1.29, 1.82) is 0 Å². The molecule has 0 aromatic rings. The Balaban J connectivity index is 2.87. The van der Waals surface area contributed by atoms with Crippen molar-refractivity contribution in [1.82, 2.24) is 0 Å². The van der Waals surface area contributed by atoms with Crippen LogP contribution in [-0.4, -0.2) is 26.2 Å². The summed E-state index contributed by atoms with van der Waals surface area (Å²) in [4.78, 5) is 23.2. The molecule has 0 saturated heterocycles. The molecular formula is C12H18O4. The van der Waals surface area contributed by atoms with Crippen LogP contribution in [0.2, 0.25) is 0 Å². The Morgan fingerprint density at radius 1 is 1.25 bits per heavy atom. The molecule has 1 fully saturated rings. The lowest BCUT2D eigenvalue weighted by Gasteiger charge is -2.22. The zero-order valence-electron chi connectivity index (χ0n) is 9.77. The van der Waals surface area contributed by atoms with E-state index in [0.717, 1.165) is 19.3 Å². The number of carbonyl (C=O) groups is 2. The highest BCUT2D eigenvalue weighted by Crippen LogP contribution is 2.38. The van der Waals surface area contributed by atoms with Crippen LogP contribution in [0.15, 0.2) is 12.7 Å². The van der Waals surface area contributed by atoms with Crippen LogP contribution >= 0.6 is 0 Å². The number of esters is 2. The van der Waals surface area contributed by atoms with E-state index in [1.54, 1.807) is 0 Å². The van der Waals surface area contributed by atoms with E-state index in [1.807, 2.05) is 6.08 Å². The Bertz CT molecular complexity index is 269. The molecule has 0 spiro atoms. The Kier molecular flexibility index (Phi) is 4.52. The monoisotopic (exact) mass is 226 g/mol. The van der Waals surface area contributed by atoms with Gasteiger partial charge in [-0.1, -0.05) is 12.5 Å². The molecule has 0 aromatic carbocycles. The van der Waals surface area contributed by atoms with Gasteiger partial charge in [0.15, 0.2) is 5.92 Å². The van der Waals surface area contributed by atoms with Crippen molar-refractivity contribution < 1.29 is 19.1 Å². The van der Waals surface area contributed by atoms with Gasteiger partial charge in [0.05, 0.1) is 14.2 Å². The Labute approximate surface area is 95.6 Å². The van der Waals surface area contributed by atoms with E-state index in [4.69, 9.17) is 0 Å². The fraction of sp³-hybridized carbons (Fsp3) is 0.667. The zero-order valence-corrected chi connectivity index (χ0v) is 9.77. The molecule has 2 unspecified atom stereocenters. The number of allylic oxidation sites excluding steroid dienone is 1. The Morgan fingerprint density at radius 2 is 1.81 bits per heavy atom. The molecular weight excluding hydrogens is 208 g/mol. The molecule has 0 heterocycles. The fourth-order valence-corrected chi connectivity index (χ4v) is 2.42. The van der Waals surface area contributed by atoms with Gasteiger partial charge in [0.1, 0.15) is 0 Å². The van der Waals surface area contributed by atoms with E-state index >= 15 is 0 Å². The number of hydrogen-bond acceptors (Lipinski definition) is 4. The molecule has 4 nitrogen and oxygen atoms in total. The molecule has 90 valence electrons. The number of rotatable bonds is 4. The van der Waals surface area contributed by atoms with Crippen molar-refractivity contribution in [2.45, 2.75) is 19.3 Å². The van der Waals surface area contributed by atoms with Crippen molar-refractivity contribution in [3.63, 3.8) is 0 Å². The highest BCUT2D eigenvalue weighted by molar-refractivity contribution is 5.95. The maximum Gasteiger partial charge on any atom is 0.320 e. The SMILES string of the molecule is C=CC1CCCC1C(C(=O)OC)C(=O)OC. The second-order valence-corrected chi connectivity index (χ2v) is 4.02. The second kappa shape index (κ2) is 5.68. The summed E-state index contributed by atoms with van der Waals surface area (Å²) in [6.45, 7) is 3.74. The molecule has 0 aromatic heterocycles. The normalized spacial score (nSPS) is 24.2. The van der Waals surface area contributed by atoms with Crippen molar-refractivity contribution in [3.05, 3.63) is 12.7 Å². The summed E-state index contributed by atoms with van der Waals surface area (Å²) < 4.78 is 9.33. The smallest absolute Gasteiger partial charge is 0.320 e. The van der Waals surface area contributed by atoms with E-state index in [1.165, 1.54) is 14.2 Å². The van der Waals surface area contributed by atoms with Gasteiger partial charge in [-0.15, -0.1) is 6.58 Å². The first kappa shape index (κ1) is 12.7. The van der Waals surface area contributed by atoms with Crippen LogP contribution in [0, 0.1) is 17.8 Å². The standard InChI is InChI=1S/C12H18O4/c1-4-8-6-5-7-9(8)10(11(13)15-2)12(14)16-3/h4,8-10H,1,5-7H2,2-3H3. The number of ether oxygens (including phenoxy) is 2. The summed E-state index contributed by atoms with van der Waals surface area (Å²) in [5.74, 6) is -1.66. The predicted molar refractivity (Wildman–Crippen MR) is 58.6 cm³/mol. The molecule has 0 N–H and O–H groups in total. The average molecular weight is 226 g/mol. The lowest BCUT2D eigenvalue weighted by Crippen LogP contribution is -2.34. The molecule has 1 aliphatic carbocycles. The van der Waals surface area contributed by atoms with E-state index in [2.05, 4.69) is 16.1 Å². The maximum absolute atomic E-state index is 11.6. The van der Waals surface area contributed by atoms with Crippen molar-refractivity contribution in [2.24, 2.45) is 17.8 Å². The molecule has 16 heavy (non-hydrogen) atoms.